The van der Waals surface area contributed by atoms with Crippen LogP contribution in [0.3, 0.4) is 0 Å². The summed E-state index contributed by atoms with van der Waals surface area (Å²) in [6.07, 6.45) is 1.53. The molecule has 1 aliphatic heterocycles. The molecule has 1 N–H and O–H groups in total. The highest BCUT2D eigenvalue weighted by molar-refractivity contribution is 8.15. The van der Waals surface area contributed by atoms with Crippen molar-refractivity contribution in [2.75, 3.05) is 19.5 Å². The van der Waals surface area contributed by atoms with E-state index in [0.717, 1.165) is 5.56 Å². The molecule has 0 bridgehead atoms. The normalized spacial score (nSPS) is 16.2. The van der Waals surface area contributed by atoms with Crippen LogP contribution in [0.5, 0.6) is 5.75 Å². The lowest BCUT2D eigenvalue weighted by Crippen LogP contribution is -2.19. The van der Waals surface area contributed by atoms with Crippen LogP contribution in [-0.4, -0.2) is 42.7 Å². The smallest absolute Gasteiger partial charge is 0.343 e. The number of rotatable bonds is 5. The van der Waals surface area contributed by atoms with E-state index in [4.69, 9.17) is 4.74 Å². The van der Waals surface area contributed by atoms with Crippen LogP contribution in [0.4, 0.5) is 0 Å². The van der Waals surface area contributed by atoms with Crippen molar-refractivity contribution in [3.8, 4) is 5.75 Å². The van der Waals surface area contributed by atoms with Crippen LogP contribution in [0, 0.1) is 0 Å². The maximum Gasteiger partial charge on any atom is 0.343 e. The van der Waals surface area contributed by atoms with Crippen molar-refractivity contribution in [3.63, 3.8) is 0 Å². The fraction of sp³-hybridized carbons (Fsp3) is 0.231. The number of thioether (sulfide) groups is 1. The number of hydrogen-bond acceptors (Lipinski definition) is 7. The average molecular weight is 307 g/mol. The fourth-order valence-corrected chi connectivity index (χ4v) is 2.04. The predicted octanol–water partition coefficient (Wildman–Crippen LogP) is 0.791. The number of hydrogen-bond donors (Lipinski definition) is 1. The van der Waals surface area contributed by atoms with Gasteiger partial charge in [0.25, 0.3) is 0 Å². The minimum absolute atomic E-state index is 0.0767. The number of carbonyl (C=O) groups is 2. The molecule has 1 aromatic rings. The number of amidine groups is 1. The van der Waals surface area contributed by atoms with E-state index in [9.17, 15) is 9.59 Å². The molecule has 7 nitrogen and oxygen atoms in total. The Labute approximate surface area is 125 Å². The summed E-state index contributed by atoms with van der Waals surface area (Å²) in [5.41, 5.74) is 0.760. The number of nitrogens with zero attached hydrogens (tertiary/aromatic N) is 2. The van der Waals surface area contributed by atoms with Crippen LogP contribution in [0.1, 0.15) is 5.56 Å². The standard InChI is InChI=1S/C13H13N3O4S/c1-19-12(18)7-20-10-4-2-3-9(5-10)6-14-16-13-15-11(17)8-21-13/h2-6H,7-8H2,1H3,(H,15,16,17). The number of carbonyl (C=O) groups excluding carboxylic acids is 2. The first-order chi connectivity index (χ1) is 10.2. The first-order valence-corrected chi connectivity index (χ1v) is 6.99. The van der Waals surface area contributed by atoms with E-state index in [2.05, 4.69) is 20.3 Å². The van der Waals surface area contributed by atoms with Gasteiger partial charge >= 0.3 is 5.97 Å². The first kappa shape index (κ1) is 15.0. The highest BCUT2D eigenvalue weighted by atomic mass is 32.2. The minimum Gasteiger partial charge on any atom is -0.482 e. The van der Waals surface area contributed by atoms with Gasteiger partial charge in [-0.05, 0) is 17.7 Å². The first-order valence-electron chi connectivity index (χ1n) is 6.01. The van der Waals surface area contributed by atoms with Crippen molar-refractivity contribution in [1.82, 2.24) is 5.32 Å². The van der Waals surface area contributed by atoms with Crippen molar-refractivity contribution >= 4 is 35.0 Å². The van der Waals surface area contributed by atoms with Crippen molar-refractivity contribution in [1.29, 1.82) is 0 Å². The molecule has 1 saturated heterocycles. The molecule has 21 heavy (non-hydrogen) atoms. The van der Waals surface area contributed by atoms with Gasteiger partial charge in [-0.15, -0.1) is 5.10 Å². The summed E-state index contributed by atoms with van der Waals surface area (Å²) in [6, 6.07) is 7.02. The van der Waals surface area contributed by atoms with E-state index < -0.39 is 5.97 Å². The van der Waals surface area contributed by atoms with Gasteiger partial charge < -0.3 is 14.8 Å². The third-order valence-corrected chi connectivity index (χ3v) is 3.25. The number of amides is 1. The summed E-state index contributed by atoms with van der Waals surface area (Å²) in [4.78, 5) is 22.0. The van der Waals surface area contributed by atoms with E-state index in [0.29, 0.717) is 16.7 Å². The van der Waals surface area contributed by atoms with Gasteiger partial charge in [-0.1, -0.05) is 23.9 Å². The Morgan fingerprint density at radius 3 is 3.10 bits per heavy atom. The van der Waals surface area contributed by atoms with Gasteiger partial charge in [-0.25, -0.2) is 4.79 Å². The molecule has 0 saturated carbocycles. The quantitative estimate of drug-likeness (QED) is 0.493. The summed E-state index contributed by atoms with van der Waals surface area (Å²) >= 11 is 1.30. The SMILES string of the molecule is COC(=O)COc1cccc(C=NN=C2NC(=O)CS2)c1. The van der Waals surface area contributed by atoms with E-state index in [-0.39, 0.29) is 12.5 Å². The molecule has 0 radical (unpaired) electrons. The fourth-order valence-electron chi connectivity index (χ4n) is 1.41. The minimum atomic E-state index is -0.450. The number of nitrogens with one attached hydrogen (secondary N) is 1. The molecular formula is C13H13N3O4S. The summed E-state index contributed by atoms with van der Waals surface area (Å²) in [7, 11) is 1.30. The number of ether oxygens (including phenoxy) is 2. The van der Waals surface area contributed by atoms with Crippen LogP contribution in [0.2, 0.25) is 0 Å². The molecule has 1 heterocycles. The van der Waals surface area contributed by atoms with Crippen LogP contribution in [-0.2, 0) is 14.3 Å². The topological polar surface area (TPSA) is 89.3 Å². The second-order valence-corrected chi connectivity index (χ2v) is 4.89. The van der Waals surface area contributed by atoms with Gasteiger partial charge in [0.2, 0.25) is 5.91 Å². The van der Waals surface area contributed by atoms with Crippen LogP contribution in [0.25, 0.3) is 0 Å². The van der Waals surface area contributed by atoms with Gasteiger partial charge in [0.05, 0.1) is 19.1 Å². The van der Waals surface area contributed by atoms with Gasteiger partial charge in [-0.2, -0.15) is 5.10 Å². The molecular weight excluding hydrogens is 294 g/mol. The predicted molar refractivity (Wildman–Crippen MR) is 79.6 cm³/mol. The van der Waals surface area contributed by atoms with Crippen molar-refractivity contribution < 1.29 is 19.1 Å². The molecule has 0 spiro atoms. The summed E-state index contributed by atoms with van der Waals surface area (Å²) in [5, 5.41) is 10.8. The van der Waals surface area contributed by atoms with Crippen LogP contribution in [0.15, 0.2) is 34.5 Å². The summed E-state index contributed by atoms with van der Waals surface area (Å²) < 4.78 is 9.75. The lowest BCUT2D eigenvalue weighted by atomic mass is 10.2. The Morgan fingerprint density at radius 2 is 2.38 bits per heavy atom. The highest BCUT2D eigenvalue weighted by Gasteiger charge is 2.15. The van der Waals surface area contributed by atoms with Gasteiger partial charge in [0, 0.05) is 0 Å². The number of esters is 1. The van der Waals surface area contributed by atoms with Crippen LogP contribution >= 0.6 is 11.8 Å². The Hall–Kier alpha value is -2.35. The molecule has 2 rings (SSSR count). The summed E-state index contributed by atoms with van der Waals surface area (Å²) in [6.45, 7) is -0.151. The van der Waals surface area contributed by atoms with Gasteiger partial charge in [0.15, 0.2) is 11.8 Å². The molecule has 1 fully saturated rings. The molecule has 8 heteroatoms. The maximum atomic E-state index is 11.0. The van der Waals surface area contributed by atoms with E-state index >= 15 is 0 Å². The second kappa shape index (κ2) is 7.44. The Morgan fingerprint density at radius 1 is 1.52 bits per heavy atom. The average Bonchev–Trinajstić information content (AvgIpc) is 2.91. The Kier molecular flexibility index (Phi) is 5.33. The third-order valence-electron chi connectivity index (χ3n) is 2.38. The zero-order valence-electron chi connectivity index (χ0n) is 11.2. The Bertz CT molecular complexity index is 601. The highest BCUT2D eigenvalue weighted by Crippen LogP contribution is 2.12. The van der Waals surface area contributed by atoms with E-state index in [1.807, 2.05) is 6.07 Å². The zero-order valence-corrected chi connectivity index (χ0v) is 12.1. The molecule has 110 valence electrons. The lowest BCUT2D eigenvalue weighted by molar-refractivity contribution is -0.142. The lowest BCUT2D eigenvalue weighted by Gasteiger charge is -2.04. The van der Waals surface area contributed by atoms with Crippen LogP contribution < -0.4 is 10.1 Å². The van der Waals surface area contributed by atoms with Gasteiger partial charge in [0.1, 0.15) is 5.75 Å². The maximum absolute atomic E-state index is 11.0. The largest absolute Gasteiger partial charge is 0.482 e. The van der Waals surface area contributed by atoms with E-state index in [1.54, 1.807) is 18.2 Å². The second-order valence-electron chi connectivity index (χ2n) is 3.92. The van der Waals surface area contributed by atoms with Crippen molar-refractivity contribution in [2.45, 2.75) is 0 Å². The zero-order chi connectivity index (χ0) is 15.1. The molecule has 0 aliphatic carbocycles. The summed E-state index contributed by atoms with van der Waals surface area (Å²) in [5.74, 6) is 0.368. The Balaban J connectivity index is 1.94. The monoisotopic (exact) mass is 307 g/mol. The third kappa shape index (κ3) is 4.92. The molecule has 0 aromatic heterocycles. The molecule has 0 atom stereocenters. The molecule has 1 aliphatic rings. The van der Waals surface area contributed by atoms with Crippen molar-refractivity contribution in [3.05, 3.63) is 29.8 Å². The molecule has 0 unspecified atom stereocenters. The van der Waals surface area contributed by atoms with Crippen molar-refractivity contribution in [2.24, 2.45) is 10.2 Å². The number of benzene rings is 1. The van der Waals surface area contributed by atoms with Gasteiger partial charge in [-0.3, -0.25) is 4.79 Å². The van der Waals surface area contributed by atoms with E-state index in [1.165, 1.54) is 25.1 Å². The molecule has 1 aromatic carbocycles. The molecule has 1 amide bonds. The number of methoxy groups -OCH3 is 1.